The summed E-state index contributed by atoms with van der Waals surface area (Å²) in [6, 6.07) is 70.1. The van der Waals surface area contributed by atoms with Gasteiger partial charge in [-0.05, 0) is 109 Å². The minimum Gasteiger partial charge on any atom is -0.457 e. The van der Waals surface area contributed by atoms with Crippen molar-refractivity contribution in [1.82, 2.24) is 19.1 Å². The van der Waals surface area contributed by atoms with Crippen molar-refractivity contribution < 1.29 is 4.74 Å². The fourth-order valence-electron chi connectivity index (χ4n) is 11.6. The molecule has 1 aliphatic carbocycles. The van der Waals surface area contributed by atoms with Crippen LogP contribution < -0.4 is 9.64 Å². The van der Waals surface area contributed by atoms with Gasteiger partial charge < -0.3 is 18.8 Å². The minimum atomic E-state index is -0.986. The highest BCUT2D eigenvalue weighted by Gasteiger charge is 2.53. The van der Waals surface area contributed by atoms with Gasteiger partial charge in [-0.2, -0.15) is 10.5 Å². The topological polar surface area (TPSA) is 95.7 Å². The second-order valence-electron chi connectivity index (χ2n) is 18.0. The molecule has 0 bridgehead atoms. The summed E-state index contributed by atoms with van der Waals surface area (Å²) in [4.78, 5) is 15.6. The van der Waals surface area contributed by atoms with E-state index < -0.39 is 5.41 Å². The molecule has 0 N–H and O–H groups in total. The second-order valence-corrected chi connectivity index (χ2v) is 19.1. The monoisotopic (exact) mass is 911 g/mol. The summed E-state index contributed by atoms with van der Waals surface area (Å²) in [5.74, 6) is 1.50. The Morgan fingerprint density at radius 2 is 0.914 bits per heavy atom. The molecule has 4 aromatic heterocycles. The van der Waals surface area contributed by atoms with E-state index in [0.29, 0.717) is 11.1 Å². The van der Waals surface area contributed by atoms with Gasteiger partial charge in [0, 0.05) is 59.3 Å². The molecule has 2 aliphatic heterocycles. The van der Waals surface area contributed by atoms with Crippen LogP contribution in [0.4, 0.5) is 17.1 Å². The quantitative estimate of drug-likeness (QED) is 0.174. The Morgan fingerprint density at radius 1 is 0.429 bits per heavy atom. The molecule has 6 heterocycles. The third-order valence-corrected chi connectivity index (χ3v) is 15.6. The third kappa shape index (κ3) is 5.13. The first-order valence-electron chi connectivity index (χ1n) is 23.1. The highest BCUT2D eigenvalue weighted by atomic mass is 32.2. The zero-order valence-corrected chi connectivity index (χ0v) is 37.8. The van der Waals surface area contributed by atoms with E-state index in [1.807, 2.05) is 54.9 Å². The van der Waals surface area contributed by atoms with Crippen LogP contribution in [0.5, 0.6) is 11.5 Å². The van der Waals surface area contributed by atoms with Crippen molar-refractivity contribution in [3.8, 4) is 46.4 Å². The van der Waals surface area contributed by atoms with Crippen molar-refractivity contribution >= 4 is 72.4 Å². The molecule has 12 aromatic rings. The molecule has 0 fully saturated rings. The Labute approximate surface area is 405 Å². The zero-order valence-electron chi connectivity index (χ0n) is 37.0. The van der Waals surface area contributed by atoms with E-state index in [4.69, 9.17) is 14.7 Å². The molecule has 8 nitrogen and oxygen atoms in total. The van der Waals surface area contributed by atoms with Gasteiger partial charge in [0.15, 0.2) is 0 Å². The zero-order chi connectivity index (χ0) is 46.2. The van der Waals surface area contributed by atoms with Crippen LogP contribution in [0.25, 0.3) is 66.4 Å². The molecule has 324 valence electrons. The van der Waals surface area contributed by atoms with Crippen LogP contribution in [-0.2, 0) is 5.41 Å². The first-order valence-corrected chi connectivity index (χ1v) is 23.9. The first kappa shape index (κ1) is 38.7. The maximum absolute atomic E-state index is 10.0. The molecule has 3 aliphatic rings. The van der Waals surface area contributed by atoms with Crippen LogP contribution in [-0.4, -0.2) is 19.1 Å². The fourth-order valence-corrected chi connectivity index (χ4v) is 12.7. The van der Waals surface area contributed by atoms with Crippen LogP contribution in [0.15, 0.2) is 210 Å². The van der Waals surface area contributed by atoms with Crippen molar-refractivity contribution in [3.05, 3.63) is 234 Å². The van der Waals surface area contributed by atoms with Crippen LogP contribution in [0.1, 0.15) is 33.4 Å². The Hall–Kier alpha value is -9.41. The summed E-state index contributed by atoms with van der Waals surface area (Å²) in [5.41, 5.74) is 14.6. The molecule has 0 amide bonds. The average molecular weight is 912 g/mol. The van der Waals surface area contributed by atoms with E-state index in [0.717, 1.165) is 106 Å². The Morgan fingerprint density at radius 3 is 1.50 bits per heavy atom. The van der Waals surface area contributed by atoms with Gasteiger partial charge in [0.05, 0.1) is 97.3 Å². The van der Waals surface area contributed by atoms with Gasteiger partial charge in [-0.25, -0.2) is 0 Å². The molecular formula is C61H33N7OS. The summed E-state index contributed by atoms with van der Waals surface area (Å²) < 4.78 is 11.6. The van der Waals surface area contributed by atoms with Gasteiger partial charge in [0.1, 0.15) is 11.5 Å². The van der Waals surface area contributed by atoms with Crippen molar-refractivity contribution in [2.75, 3.05) is 4.90 Å². The highest BCUT2D eigenvalue weighted by molar-refractivity contribution is 7.99. The average Bonchev–Trinajstić information content (AvgIpc) is 4.03. The smallest absolute Gasteiger partial charge is 0.132 e. The molecule has 1 atom stereocenters. The summed E-state index contributed by atoms with van der Waals surface area (Å²) in [6.07, 6.45) is 3.92. The number of nitriles is 2. The lowest BCUT2D eigenvalue weighted by Gasteiger charge is -2.40. The molecule has 9 heteroatoms. The second kappa shape index (κ2) is 14.3. The van der Waals surface area contributed by atoms with Gasteiger partial charge in [-0.3, -0.25) is 9.97 Å². The summed E-state index contributed by atoms with van der Waals surface area (Å²) in [5, 5.41) is 24.2. The predicted molar refractivity (Wildman–Crippen MR) is 276 cm³/mol. The van der Waals surface area contributed by atoms with Gasteiger partial charge >= 0.3 is 0 Å². The Balaban J connectivity index is 1.06. The maximum Gasteiger partial charge on any atom is 0.132 e. The van der Waals surface area contributed by atoms with Gasteiger partial charge in [-0.15, -0.1) is 0 Å². The molecule has 1 spiro atoms. The number of hydrogen-bond acceptors (Lipinski definition) is 7. The molecule has 1 unspecified atom stereocenters. The lowest BCUT2D eigenvalue weighted by Crippen LogP contribution is -2.33. The number of nitrogens with zero attached hydrogens (tertiary/aromatic N) is 7. The Bertz CT molecular complexity index is 4210. The molecule has 70 heavy (non-hydrogen) atoms. The lowest BCUT2D eigenvalue weighted by molar-refractivity contribution is 0.436. The van der Waals surface area contributed by atoms with E-state index in [-0.39, 0.29) is 0 Å². The Kier molecular flexibility index (Phi) is 7.90. The lowest BCUT2D eigenvalue weighted by atomic mass is 9.66. The van der Waals surface area contributed by atoms with Crippen molar-refractivity contribution in [2.45, 2.75) is 15.2 Å². The highest BCUT2D eigenvalue weighted by Crippen LogP contribution is 2.63. The molecule has 0 saturated carbocycles. The molecule has 0 radical (unpaired) electrons. The number of fused-ring (bicyclic) bond motifs is 17. The van der Waals surface area contributed by atoms with E-state index >= 15 is 0 Å². The summed E-state index contributed by atoms with van der Waals surface area (Å²) in [6.45, 7) is 0. The summed E-state index contributed by atoms with van der Waals surface area (Å²) in [7, 11) is 0. The van der Waals surface area contributed by atoms with Crippen LogP contribution in [0, 0.1) is 22.7 Å². The van der Waals surface area contributed by atoms with Gasteiger partial charge in [0.25, 0.3) is 0 Å². The number of benzene rings is 8. The minimum absolute atomic E-state index is 0.546. The van der Waals surface area contributed by atoms with E-state index in [1.165, 1.54) is 20.6 Å². The number of aromatic nitrogens is 4. The molecule has 0 saturated heterocycles. The van der Waals surface area contributed by atoms with Crippen molar-refractivity contribution in [1.29, 1.82) is 10.5 Å². The molecule has 15 rings (SSSR count). The molecular weight excluding hydrogens is 879 g/mol. The number of ether oxygens (including phenoxy) is 1. The van der Waals surface area contributed by atoms with Crippen LogP contribution in [0.3, 0.4) is 0 Å². The number of pyridine rings is 2. The number of hydrogen-bond donors (Lipinski definition) is 0. The maximum atomic E-state index is 10.0. The van der Waals surface area contributed by atoms with Crippen LogP contribution >= 0.6 is 11.8 Å². The van der Waals surface area contributed by atoms with E-state index in [1.54, 1.807) is 11.8 Å². The third-order valence-electron chi connectivity index (χ3n) is 14.5. The predicted octanol–water partition coefficient (Wildman–Crippen LogP) is 14.8. The first-order chi connectivity index (χ1) is 34.6. The fraction of sp³-hybridized carbons (Fsp3) is 0.0164. The van der Waals surface area contributed by atoms with Crippen molar-refractivity contribution in [3.63, 3.8) is 0 Å². The SMILES string of the molecule is N#Cc1ccc2c(c1)c1cc(C#N)ccc1n2-c1cnc2c(c1)C1(c3ccccc3Oc3ccc(N4c5ccccc5Sc5ccccc54)cc31)c1cc(-n3c4ccccc4c4ccccc43)cnc1-2. The standard InChI is InChI=1S/C61H33N7OS/c62-32-36-21-24-51-43(27-36)44-28-37(33-63)22-25-52(44)68(51)40-31-48-60(65-35-40)59-47(30-39(34-64-59)67-49-14-4-1-11-41(49)42-12-2-5-15-50(42)67)61(48)45-13-3-8-18-55(45)69-56-26-23-38(29-46(56)61)66-53-16-6-9-19-57(53)70-58-20-10-7-17-54(58)66/h1-31,34-35H. The largest absolute Gasteiger partial charge is 0.457 e. The van der Waals surface area contributed by atoms with E-state index in [2.05, 4.69) is 172 Å². The number of anilines is 3. The van der Waals surface area contributed by atoms with Gasteiger partial charge in [0.2, 0.25) is 0 Å². The normalized spacial score (nSPS) is 14.9. The van der Waals surface area contributed by atoms with Crippen molar-refractivity contribution in [2.24, 2.45) is 0 Å². The van der Waals surface area contributed by atoms with E-state index in [9.17, 15) is 10.5 Å². The van der Waals surface area contributed by atoms with Gasteiger partial charge in [-0.1, -0.05) is 90.6 Å². The summed E-state index contributed by atoms with van der Waals surface area (Å²) >= 11 is 1.79. The number of para-hydroxylation sites is 5. The number of rotatable bonds is 3. The van der Waals surface area contributed by atoms with Crippen LogP contribution in [0.2, 0.25) is 0 Å². The molecule has 8 aromatic carbocycles.